The summed E-state index contributed by atoms with van der Waals surface area (Å²) in [6.45, 7) is 10.9. The summed E-state index contributed by atoms with van der Waals surface area (Å²) in [7, 11) is 0. The molecule has 0 heterocycles. The third-order valence-corrected chi connectivity index (χ3v) is 7.26. The monoisotopic (exact) mass is 324 g/mol. The van der Waals surface area contributed by atoms with Gasteiger partial charge < -0.3 is 15.3 Å². The number of hydrogen-bond donors (Lipinski definition) is 3. The van der Waals surface area contributed by atoms with Crippen molar-refractivity contribution in [2.75, 3.05) is 6.61 Å². The van der Waals surface area contributed by atoms with Gasteiger partial charge in [-0.15, -0.1) is 0 Å². The van der Waals surface area contributed by atoms with Gasteiger partial charge in [-0.1, -0.05) is 32.4 Å². The van der Waals surface area contributed by atoms with Gasteiger partial charge in [0, 0.05) is 0 Å². The molecule has 0 aromatic heterocycles. The van der Waals surface area contributed by atoms with Crippen LogP contribution in [0.5, 0.6) is 0 Å². The van der Waals surface area contributed by atoms with E-state index in [1.54, 1.807) is 0 Å². The molecule has 2 rings (SSSR count). The third kappa shape index (κ3) is 3.38. The zero-order chi connectivity index (χ0) is 17.5. The summed E-state index contributed by atoms with van der Waals surface area (Å²) >= 11 is 0. The van der Waals surface area contributed by atoms with Crippen LogP contribution in [0.25, 0.3) is 0 Å². The second-order valence-electron chi connectivity index (χ2n) is 9.15. The Hall–Kier alpha value is -0.380. The molecule has 0 radical (unpaired) electrons. The van der Waals surface area contributed by atoms with Crippen LogP contribution in [0.4, 0.5) is 0 Å². The lowest BCUT2D eigenvalue weighted by atomic mass is 9.44. The quantitative estimate of drug-likeness (QED) is 0.692. The summed E-state index contributed by atoms with van der Waals surface area (Å²) in [5.41, 5.74) is 0.550. The molecule has 5 atom stereocenters. The number of rotatable bonds is 4. The fraction of sp³-hybridized carbons (Fsp3) is 0.900. The first kappa shape index (κ1) is 19.0. The molecule has 2 aliphatic rings. The second kappa shape index (κ2) is 6.50. The second-order valence-corrected chi connectivity index (χ2v) is 9.15. The molecule has 0 aromatic rings. The van der Waals surface area contributed by atoms with Crippen molar-refractivity contribution in [3.05, 3.63) is 11.6 Å². The molecule has 0 spiro atoms. The van der Waals surface area contributed by atoms with Crippen molar-refractivity contribution in [3.63, 3.8) is 0 Å². The van der Waals surface area contributed by atoms with E-state index in [1.807, 2.05) is 13.0 Å². The molecule has 2 aliphatic carbocycles. The van der Waals surface area contributed by atoms with Crippen molar-refractivity contribution < 1.29 is 15.3 Å². The normalized spacial score (nSPS) is 44.0. The molecule has 2 fully saturated rings. The summed E-state index contributed by atoms with van der Waals surface area (Å²) in [6.07, 6.45) is 7.14. The van der Waals surface area contributed by atoms with Crippen LogP contribution in [0.1, 0.15) is 73.1 Å². The van der Waals surface area contributed by atoms with E-state index in [0.717, 1.165) is 38.5 Å². The van der Waals surface area contributed by atoms with Gasteiger partial charge in [-0.05, 0) is 75.0 Å². The summed E-state index contributed by atoms with van der Waals surface area (Å²) in [6, 6.07) is 0. The van der Waals surface area contributed by atoms with E-state index >= 15 is 0 Å². The molecule has 3 heteroatoms. The number of aliphatic hydroxyl groups is 3. The standard InChI is InChI=1S/C20H36O3/c1-14(10-13-21)6-7-16-19(4)11-9-17(22)18(2,3)15(19)8-12-20(16,5)23/h10,15-17,21-23H,6-9,11-13H2,1-5H3/b14-10+/t15-,16+,17-,19-,20+/m0/s1. The van der Waals surface area contributed by atoms with Gasteiger partial charge in [0.15, 0.2) is 0 Å². The lowest BCUT2D eigenvalue weighted by Crippen LogP contribution is -2.60. The minimum absolute atomic E-state index is 0.0734. The Bertz CT molecular complexity index is 452. The van der Waals surface area contributed by atoms with Crippen molar-refractivity contribution in [3.8, 4) is 0 Å². The van der Waals surface area contributed by atoms with Gasteiger partial charge >= 0.3 is 0 Å². The zero-order valence-electron chi connectivity index (χ0n) is 15.6. The molecule has 134 valence electrons. The first-order valence-electron chi connectivity index (χ1n) is 9.22. The Morgan fingerprint density at radius 1 is 1.13 bits per heavy atom. The predicted molar refractivity (Wildman–Crippen MR) is 94.0 cm³/mol. The molecule has 23 heavy (non-hydrogen) atoms. The Morgan fingerprint density at radius 2 is 1.78 bits per heavy atom. The molecular weight excluding hydrogens is 288 g/mol. The summed E-state index contributed by atoms with van der Waals surface area (Å²) < 4.78 is 0. The van der Waals surface area contributed by atoms with Crippen LogP contribution < -0.4 is 0 Å². The van der Waals surface area contributed by atoms with Crippen molar-refractivity contribution in [2.24, 2.45) is 22.7 Å². The first-order valence-corrected chi connectivity index (χ1v) is 9.22. The average Bonchev–Trinajstić information content (AvgIpc) is 2.42. The lowest BCUT2D eigenvalue weighted by Gasteiger charge is -2.62. The van der Waals surface area contributed by atoms with Gasteiger partial charge in [0.1, 0.15) is 0 Å². The predicted octanol–water partition coefficient (Wildman–Crippen LogP) is 3.67. The molecule has 0 bridgehead atoms. The maximum absolute atomic E-state index is 11.1. The number of aliphatic hydroxyl groups excluding tert-OH is 2. The van der Waals surface area contributed by atoms with Gasteiger partial charge in [-0.3, -0.25) is 0 Å². The van der Waals surface area contributed by atoms with Gasteiger partial charge in [-0.2, -0.15) is 0 Å². The number of hydrogen-bond acceptors (Lipinski definition) is 3. The fourth-order valence-corrected chi connectivity index (χ4v) is 5.79. The van der Waals surface area contributed by atoms with Crippen molar-refractivity contribution in [1.82, 2.24) is 0 Å². The van der Waals surface area contributed by atoms with E-state index in [2.05, 4.69) is 27.7 Å². The van der Waals surface area contributed by atoms with Crippen LogP contribution in [-0.4, -0.2) is 33.6 Å². The third-order valence-electron chi connectivity index (χ3n) is 7.26. The van der Waals surface area contributed by atoms with Crippen LogP contribution in [0.3, 0.4) is 0 Å². The van der Waals surface area contributed by atoms with Crippen LogP contribution in [-0.2, 0) is 0 Å². The zero-order valence-corrected chi connectivity index (χ0v) is 15.6. The van der Waals surface area contributed by atoms with Crippen molar-refractivity contribution >= 4 is 0 Å². The van der Waals surface area contributed by atoms with E-state index in [9.17, 15) is 10.2 Å². The Morgan fingerprint density at radius 3 is 2.39 bits per heavy atom. The van der Waals surface area contributed by atoms with Gasteiger partial charge in [0.2, 0.25) is 0 Å². The molecule has 0 saturated heterocycles. The van der Waals surface area contributed by atoms with Crippen LogP contribution in [0.15, 0.2) is 11.6 Å². The van der Waals surface area contributed by atoms with Crippen LogP contribution in [0.2, 0.25) is 0 Å². The van der Waals surface area contributed by atoms with E-state index in [0.29, 0.717) is 5.92 Å². The van der Waals surface area contributed by atoms with E-state index in [1.165, 1.54) is 5.57 Å². The molecule has 0 aliphatic heterocycles. The number of fused-ring (bicyclic) bond motifs is 1. The molecule has 2 saturated carbocycles. The van der Waals surface area contributed by atoms with E-state index < -0.39 is 5.60 Å². The van der Waals surface area contributed by atoms with Crippen molar-refractivity contribution in [1.29, 1.82) is 0 Å². The minimum Gasteiger partial charge on any atom is -0.393 e. The fourth-order valence-electron chi connectivity index (χ4n) is 5.79. The molecule has 0 amide bonds. The molecule has 0 unspecified atom stereocenters. The first-order chi connectivity index (χ1) is 10.6. The highest BCUT2D eigenvalue weighted by molar-refractivity contribution is 5.10. The summed E-state index contributed by atoms with van der Waals surface area (Å²) in [5.74, 6) is 0.689. The highest BCUT2D eigenvalue weighted by atomic mass is 16.3. The summed E-state index contributed by atoms with van der Waals surface area (Å²) in [5, 5.41) is 30.6. The maximum Gasteiger partial charge on any atom is 0.0653 e. The van der Waals surface area contributed by atoms with Crippen LogP contribution >= 0.6 is 0 Å². The Balaban J connectivity index is 2.28. The lowest BCUT2D eigenvalue weighted by molar-refractivity contribution is -0.195. The average molecular weight is 325 g/mol. The van der Waals surface area contributed by atoms with E-state index in [-0.39, 0.29) is 29.5 Å². The van der Waals surface area contributed by atoms with E-state index in [4.69, 9.17) is 5.11 Å². The highest BCUT2D eigenvalue weighted by Crippen LogP contribution is 2.62. The van der Waals surface area contributed by atoms with Gasteiger partial charge in [0.25, 0.3) is 0 Å². The SMILES string of the molecule is C/C(=C\CO)CC[C@@H]1[C@@]2(C)CC[C@H](O)C(C)(C)[C@@H]2CC[C@@]1(C)O. The molecule has 3 nitrogen and oxygen atoms in total. The molecule has 0 aromatic carbocycles. The molecular formula is C20H36O3. The topological polar surface area (TPSA) is 60.7 Å². The smallest absolute Gasteiger partial charge is 0.0653 e. The Labute approximate surface area is 141 Å². The van der Waals surface area contributed by atoms with Gasteiger partial charge in [-0.25, -0.2) is 0 Å². The Kier molecular flexibility index (Phi) is 5.35. The number of allylic oxidation sites excluding steroid dienone is 1. The maximum atomic E-state index is 11.1. The largest absolute Gasteiger partial charge is 0.393 e. The minimum atomic E-state index is -0.636. The van der Waals surface area contributed by atoms with Crippen LogP contribution in [0, 0.1) is 22.7 Å². The highest BCUT2D eigenvalue weighted by Gasteiger charge is 2.59. The van der Waals surface area contributed by atoms with Gasteiger partial charge in [0.05, 0.1) is 18.3 Å². The molecule has 3 N–H and O–H groups in total. The van der Waals surface area contributed by atoms with Crippen molar-refractivity contribution in [2.45, 2.75) is 84.8 Å². The summed E-state index contributed by atoms with van der Waals surface area (Å²) in [4.78, 5) is 0.